The van der Waals surface area contributed by atoms with Crippen molar-refractivity contribution < 1.29 is 103 Å². The van der Waals surface area contributed by atoms with Crippen LogP contribution in [0.25, 0.3) is 16.7 Å². The van der Waals surface area contributed by atoms with Crippen LogP contribution in [-0.4, -0.2) is 212 Å². The number of hydrogen-bond acceptors (Lipinski definition) is 21. The van der Waals surface area contributed by atoms with E-state index in [1.54, 1.807) is 56.4 Å². The van der Waals surface area contributed by atoms with Crippen LogP contribution in [0.15, 0.2) is 177 Å². The molecule has 3 aliphatic heterocycles. The molecule has 0 spiro atoms. The molecule has 2 bridgehead atoms. The molecule has 24 heteroatoms. The van der Waals surface area contributed by atoms with Gasteiger partial charge in [-0.1, -0.05) is 185 Å². The predicted molar refractivity (Wildman–Crippen MR) is 393 cm³/mol. The number of carbonyl (C=O) groups excluding carboxylic acids is 4. The van der Waals surface area contributed by atoms with E-state index in [0.29, 0.717) is 12.8 Å². The lowest BCUT2D eigenvalue weighted by Gasteiger charge is -2.46. The Labute approximate surface area is 614 Å². The zero-order valence-corrected chi connectivity index (χ0v) is 60.2. The van der Waals surface area contributed by atoms with Crippen LogP contribution >= 0.6 is 0 Å². The predicted octanol–water partition coefficient (Wildman–Crippen LogP) is 7.21. The number of allylic oxidation sites excluding steroid dienone is 13. The number of aliphatic hydroxyl groups excluding tert-OH is 9. The second kappa shape index (κ2) is 40.8. The van der Waals surface area contributed by atoms with Crippen LogP contribution in [0.4, 0.5) is 9.59 Å². The van der Waals surface area contributed by atoms with Crippen LogP contribution in [0.3, 0.4) is 0 Å². The molecule has 13 N–H and O–H groups in total. The first kappa shape index (κ1) is 82.9. The molecule has 20 unspecified atom stereocenters. The largest absolute Gasteiger partial charge is 0.462 e. The number of fused-ring (bicyclic) bond motifs is 6. The molecule has 0 aromatic heterocycles. The highest BCUT2D eigenvalue weighted by atomic mass is 16.7. The third-order valence-corrected chi connectivity index (χ3v) is 20.0. The van der Waals surface area contributed by atoms with Crippen molar-refractivity contribution in [3.63, 3.8) is 0 Å². The molecule has 8 rings (SSSR count). The van der Waals surface area contributed by atoms with Gasteiger partial charge in [-0.15, -0.1) is 0 Å². The van der Waals surface area contributed by atoms with Gasteiger partial charge in [0.05, 0.1) is 92.6 Å². The number of ether oxygens (including phenoxy) is 7. The Kier molecular flexibility index (Phi) is 32.2. The number of cyclic esters (lactones) is 1. The fourth-order valence-electron chi connectivity index (χ4n) is 14.2. The molecule has 20 atom stereocenters. The van der Waals surface area contributed by atoms with E-state index in [4.69, 9.17) is 33.2 Å². The van der Waals surface area contributed by atoms with Crippen LogP contribution in [-0.2, 0) is 42.7 Å². The quantitative estimate of drug-likeness (QED) is 0.0382. The van der Waals surface area contributed by atoms with Crippen molar-refractivity contribution >= 4 is 29.6 Å². The zero-order chi connectivity index (χ0) is 75.7. The standard InChI is InChI=1S/C81H107N3O21/c1-7-57-58(8-2)65(62-32-24-21-29-59(57)62)47-100-79(96)83-38-40-99-39-37-82-77(95)72-69(90)46-81(98)45-68(89)67(88)36-35-53(85)41-54(86)42-55(87)43-71(91)102-51(5)50(4)74(92)49(3)27-19-17-15-13-11-9-10-12-14-16-18-20-28-56(44-70(72)105-81)104-78-76(94)73(75(93)52(6)103-78)84-80(97)101-48-66-63-33-25-22-30-60(63)61-31-23-26-34-64(61)66/h7-10,12,14-34,49-56,65-70,72-76,78,85-90,92-94,98H,1-2,11,13,35-48H2,3-6H3,(H,82,95)(H,83,96)(H,84,97). The summed E-state index contributed by atoms with van der Waals surface area (Å²) < 4.78 is 41.7. The Morgan fingerprint density at radius 3 is 1.84 bits per heavy atom. The molecule has 0 saturated carbocycles. The summed E-state index contributed by atoms with van der Waals surface area (Å²) in [7, 11) is 0. The van der Waals surface area contributed by atoms with Crippen molar-refractivity contribution in [2.75, 3.05) is 39.5 Å². The fraction of sp³-hybridized carbons (Fsp3) is 0.506. The first-order valence-corrected chi connectivity index (χ1v) is 36.4. The maximum absolute atomic E-state index is 14.5. The number of alkyl carbamates (subject to hydrolysis) is 2. The van der Waals surface area contributed by atoms with E-state index in [2.05, 4.69) is 29.1 Å². The van der Waals surface area contributed by atoms with Crippen LogP contribution in [0.2, 0.25) is 0 Å². The Balaban J connectivity index is 0.981. The Morgan fingerprint density at radius 1 is 0.600 bits per heavy atom. The van der Waals surface area contributed by atoms with Gasteiger partial charge in [0.1, 0.15) is 31.5 Å². The molecule has 3 aromatic rings. The Hall–Kier alpha value is -7.76. The van der Waals surface area contributed by atoms with Gasteiger partial charge in [0.15, 0.2) is 12.1 Å². The fourth-order valence-corrected chi connectivity index (χ4v) is 14.2. The monoisotopic (exact) mass is 1460 g/mol. The van der Waals surface area contributed by atoms with Crippen LogP contribution in [0.5, 0.6) is 0 Å². The lowest BCUT2D eigenvalue weighted by molar-refractivity contribution is -0.309. The summed E-state index contributed by atoms with van der Waals surface area (Å²) in [5.41, 5.74) is 7.75. The molecule has 3 aromatic carbocycles. The van der Waals surface area contributed by atoms with Crippen molar-refractivity contribution in [3.05, 3.63) is 199 Å². The van der Waals surface area contributed by atoms with Gasteiger partial charge in [-0.05, 0) is 96.9 Å². The molecule has 2 aliphatic carbocycles. The lowest BCUT2D eigenvalue weighted by atomic mass is 9.82. The number of esters is 1. The van der Waals surface area contributed by atoms with E-state index in [1.165, 1.54) is 6.92 Å². The van der Waals surface area contributed by atoms with Crippen LogP contribution in [0.1, 0.15) is 126 Å². The number of rotatable bonds is 16. The third-order valence-electron chi connectivity index (χ3n) is 20.0. The average Bonchev–Trinajstić information content (AvgIpc) is 1.72. The highest BCUT2D eigenvalue weighted by Crippen LogP contribution is 2.46. The van der Waals surface area contributed by atoms with E-state index in [0.717, 1.165) is 44.5 Å². The molecule has 24 nitrogen and oxygen atoms in total. The summed E-state index contributed by atoms with van der Waals surface area (Å²) in [6, 6.07) is 22.0. The smallest absolute Gasteiger partial charge is 0.407 e. The van der Waals surface area contributed by atoms with E-state index in [1.807, 2.05) is 122 Å². The molecular formula is C81H107N3O21. The van der Waals surface area contributed by atoms with Crippen molar-refractivity contribution in [3.8, 4) is 11.1 Å². The minimum absolute atomic E-state index is 0.0146. The summed E-state index contributed by atoms with van der Waals surface area (Å²) in [4.78, 5) is 54.0. The second-order valence-electron chi connectivity index (χ2n) is 27.8. The van der Waals surface area contributed by atoms with Gasteiger partial charge in [0.25, 0.3) is 0 Å². The van der Waals surface area contributed by atoms with Crippen molar-refractivity contribution in [1.29, 1.82) is 0 Å². The maximum Gasteiger partial charge on any atom is 0.407 e. The molecule has 2 fully saturated rings. The number of hydrogen-bond donors (Lipinski definition) is 13. The summed E-state index contributed by atoms with van der Waals surface area (Å²) in [6.45, 7) is 14.5. The molecule has 572 valence electrons. The SMILES string of the molecule is C=CC1=C(C=C)C(COC(=O)NCCOCCNC(=O)C2C(O)CC3(O)CC(O)C(O)CCC(O)CC(O)CC(O)CC(=O)OC(C)C(C)C(O)C(C)C=CC=CCCC=CC=CC=CC=CC(OC4OC(C)C(O)C(NC(=O)OCC5c6ccccc6-c6ccccc65)C4O)CC2O3)c2ccccc21. The number of carbonyl (C=O) groups is 4. The molecule has 3 heterocycles. The Bertz CT molecular complexity index is 3530. The topological polar surface area (TPSA) is 371 Å². The van der Waals surface area contributed by atoms with Crippen molar-refractivity contribution in [2.45, 2.75) is 201 Å². The van der Waals surface area contributed by atoms with E-state index in [-0.39, 0.29) is 89.4 Å². The summed E-state index contributed by atoms with van der Waals surface area (Å²) in [5, 5.41) is 122. The van der Waals surface area contributed by atoms with Gasteiger partial charge >= 0.3 is 18.2 Å². The maximum atomic E-state index is 14.5. The molecular weight excluding hydrogens is 1350 g/mol. The summed E-state index contributed by atoms with van der Waals surface area (Å²) in [5.74, 6) is -6.74. The molecule has 5 aliphatic rings. The van der Waals surface area contributed by atoms with Crippen molar-refractivity contribution in [2.24, 2.45) is 17.8 Å². The minimum Gasteiger partial charge on any atom is -0.462 e. The number of aliphatic hydroxyl groups is 10. The van der Waals surface area contributed by atoms with Crippen molar-refractivity contribution in [1.82, 2.24) is 16.0 Å². The van der Waals surface area contributed by atoms with E-state index < -0.39 is 153 Å². The third kappa shape index (κ3) is 23.6. The molecule has 3 amide bonds. The van der Waals surface area contributed by atoms with Gasteiger partial charge in [0, 0.05) is 56.0 Å². The van der Waals surface area contributed by atoms with Gasteiger partial charge in [-0.25, -0.2) is 9.59 Å². The zero-order valence-electron chi connectivity index (χ0n) is 60.2. The minimum atomic E-state index is -2.45. The molecule has 105 heavy (non-hydrogen) atoms. The van der Waals surface area contributed by atoms with E-state index in [9.17, 15) is 70.2 Å². The van der Waals surface area contributed by atoms with Gasteiger partial charge in [0.2, 0.25) is 5.91 Å². The first-order chi connectivity index (χ1) is 50.4. The second-order valence-corrected chi connectivity index (χ2v) is 27.8. The summed E-state index contributed by atoms with van der Waals surface area (Å²) in [6.07, 6.45) is 2.22. The lowest BCUT2D eigenvalue weighted by Crippen LogP contribution is -2.64. The van der Waals surface area contributed by atoms with Gasteiger partial charge in [-0.2, -0.15) is 0 Å². The first-order valence-electron chi connectivity index (χ1n) is 36.4. The highest BCUT2D eigenvalue weighted by molar-refractivity contribution is 5.86. The van der Waals surface area contributed by atoms with Gasteiger partial charge < -0.3 is 100 Å². The van der Waals surface area contributed by atoms with Crippen LogP contribution in [0, 0.1) is 17.8 Å². The molecule has 2 saturated heterocycles. The molecule has 0 radical (unpaired) electrons. The number of nitrogens with one attached hydrogen (secondary N) is 3. The summed E-state index contributed by atoms with van der Waals surface area (Å²) >= 11 is 0. The normalized spacial score (nSPS) is 32.1. The highest BCUT2D eigenvalue weighted by Gasteiger charge is 2.52. The Morgan fingerprint density at radius 2 is 1.17 bits per heavy atom. The van der Waals surface area contributed by atoms with Crippen LogP contribution < -0.4 is 16.0 Å². The average molecular weight is 1460 g/mol. The number of amides is 3. The number of benzene rings is 3. The van der Waals surface area contributed by atoms with Gasteiger partial charge in [-0.3, -0.25) is 9.59 Å². The van der Waals surface area contributed by atoms with E-state index >= 15 is 0 Å².